The molecule has 0 heterocycles. The second kappa shape index (κ2) is 8.11. The molecule has 0 aromatic carbocycles. The van der Waals surface area contributed by atoms with Crippen molar-refractivity contribution in [3.05, 3.63) is 0 Å². The van der Waals surface area contributed by atoms with Crippen LogP contribution in [-0.4, -0.2) is 13.1 Å². The summed E-state index contributed by atoms with van der Waals surface area (Å²) >= 11 is 0. The minimum atomic E-state index is 0. The van der Waals surface area contributed by atoms with Gasteiger partial charge in [-0.2, -0.15) is 0 Å². The van der Waals surface area contributed by atoms with Crippen molar-refractivity contribution in [3.8, 4) is 0 Å². The molecular weight excluding hydrogens is 195 g/mol. The minimum absolute atomic E-state index is 0. The summed E-state index contributed by atoms with van der Waals surface area (Å²) in [5.74, 6) is 1.59. The number of hydrogen-bond acceptors (Lipinski definition) is 2. The van der Waals surface area contributed by atoms with Crippen LogP contribution in [0, 0.1) is 11.8 Å². The molecule has 0 aromatic heterocycles. The van der Waals surface area contributed by atoms with Crippen molar-refractivity contribution in [1.29, 1.82) is 0 Å². The maximum absolute atomic E-state index is 5.56. The van der Waals surface area contributed by atoms with Crippen LogP contribution in [0.25, 0.3) is 0 Å². The summed E-state index contributed by atoms with van der Waals surface area (Å²) in [5, 5.41) is 0. The average molecular weight is 213 g/mol. The lowest BCUT2D eigenvalue weighted by Gasteiger charge is -2.26. The topological polar surface area (TPSA) is 52.0 Å². The molecule has 0 amide bonds. The molecule has 1 rings (SSSR count). The van der Waals surface area contributed by atoms with Gasteiger partial charge in [-0.1, -0.05) is 0 Å². The molecule has 1 aliphatic carbocycles. The third-order valence-corrected chi connectivity index (χ3v) is 2.63. The smallest absolute Gasteiger partial charge is 0.00489 e. The highest BCUT2D eigenvalue weighted by atomic mass is 35.5. The first-order valence-corrected chi connectivity index (χ1v) is 4.27. The van der Waals surface area contributed by atoms with Gasteiger partial charge in [0.05, 0.1) is 0 Å². The zero-order valence-electron chi connectivity index (χ0n) is 7.31. The second-order valence-corrected chi connectivity index (χ2v) is 3.36. The Morgan fingerprint density at radius 2 is 1.00 bits per heavy atom. The maximum atomic E-state index is 5.56. The summed E-state index contributed by atoms with van der Waals surface area (Å²) in [5.41, 5.74) is 11.1. The Labute approximate surface area is 87.3 Å². The highest BCUT2D eigenvalue weighted by molar-refractivity contribution is 4.72. The Bertz CT molecular complexity index is 81.1. The SMILES string of the molecule is NCC1CCC(CN)CC1.[Cl-].[Cl-]. The van der Waals surface area contributed by atoms with Crippen molar-refractivity contribution < 1.29 is 24.8 Å². The molecule has 0 atom stereocenters. The Hall–Kier alpha value is 0.500. The van der Waals surface area contributed by atoms with E-state index in [0.717, 1.165) is 24.9 Å². The summed E-state index contributed by atoms with van der Waals surface area (Å²) in [4.78, 5) is 0. The summed E-state index contributed by atoms with van der Waals surface area (Å²) in [6, 6.07) is 0. The van der Waals surface area contributed by atoms with Crippen molar-refractivity contribution in [2.75, 3.05) is 13.1 Å². The molecular formula is C8H18Cl2N2-2. The van der Waals surface area contributed by atoms with E-state index in [2.05, 4.69) is 0 Å². The largest absolute Gasteiger partial charge is 1.00 e. The average Bonchev–Trinajstić information content (AvgIpc) is 2.05. The quantitative estimate of drug-likeness (QED) is 0.481. The van der Waals surface area contributed by atoms with Crippen LogP contribution < -0.4 is 36.3 Å². The van der Waals surface area contributed by atoms with Crippen LogP contribution in [0.4, 0.5) is 0 Å². The first kappa shape index (κ1) is 15.0. The second-order valence-electron chi connectivity index (χ2n) is 3.36. The van der Waals surface area contributed by atoms with Gasteiger partial charge in [0.25, 0.3) is 0 Å². The molecule has 0 radical (unpaired) electrons. The Kier molecular flexibility index (Phi) is 10.1. The summed E-state index contributed by atoms with van der Waals surface area (Å²) in [6.45, 7) is 1.74. The molecule has 0 bridgehead atoms. The number of halogens is 2. The molecule has 0 aliphatic heterocycles. The van der Waals surface area contributed by atoms with Crippen LogP contribution >= 0.6 is 0 Å². The van der Waals surface area contributed by atoms with Gasteiger partial charge >= 0.3 is 0 Å². The van der Waals surface area contributed by atoms with Gasteiger partial charge in [0, 0.05) is 0 Å². The molecule has 12 heavy (non-hydrogen) atoms. The molecule has 1 fully saturated rings. The van der Waals surface area contributed by atoms with E-state index in [9.17, 15) is 0 Å². The zero-order valence-corrected chi connectivity index (χ0v) is 8.82. The predicted octanol–water partition coefficient (Wildman–Crippen LogP) is -5.28. The van der Waals surface area contributed by atoms with Gasteiger partial charge in [0.1, 0.15) is 0 Å². The predicted molar refractivity (Wildman–Crippen MR) is 43.6 cm³/mol. The number of hydrogen-bond donors (Lipinski definition) is 2. The Morgan fingerprint density at radius 3 is 1.17 bits per heavy atom. The standard InChI is InChI=1S/C8H18N2.2ClH/c9-5-7-1-2-8(6-10)4-3-7;;/h7-8H,1-6,9-10H2;2*1H/p-2. The van der Waals surface area contributed by atoms with Crippen molar-refractivity contribution in [3.63, 3.8) is 0 Å². The molecule has 0 unspecified atom stereocenters. The van der Waals surface area contributed by atoms with Gasteiger partial charge in [-0.15, -0.1) is 0 Å². The molecule has 4 N–H and O–H groups in total. The van der Waals surface area contributed by atoms with Crippen molar-refractivity contribution in [2.24, 2.45) is 23.3 Å². The van der Waals surface area contributed by atoms with Gasteiger partial charge in [-0.3, -0.25) is 0 Å². The summed E-state index contributed by atoms with van der Waals surface area (Å²) in [7, 11) is 0. The highest BCUT2D eigenvalue weighted by Gasteiger charge is 2.18. The van der Waals surface area contributed by atoms with E-state index in [0.29, 0.717) is 0 Å². The molecule has 0 aromatic rings. The van der Waals surface area contributed by atoms with Gasteiger partial charge in [-0.25, -0.2) is 0 Å². The van der Waals surface area contributed by atoms with Gasteiger partial charge in [0.2, 0.25) is 0 Å². The number of rotatable bonds is 2. The lowest BCUT2D eigenvalue weighted by molar-refractivity contribution is -0.00100. The maximum Gasteiger partial charge on any atom is -0.00489 e. The third kappa shape index (κ3) is 4.51. The molecule has 0 saturated heterocycles. The van der Waals surface area contributed by atoms with E-state index in [1.54, 1.807) is 0 Å². The third-order valence-electron chi connectivity index (χ3n) is 2.63. The Morgan fingerprint density at radius 1 is 0.750 bits per heavy atom. The summed E-state index contributed by atoms with van der Waals surface area (Å²) < 4.78 is 0. The first-order valence-electron chi connectivity index (χ1n) is 4.27. The van der Waals surface area contributed by atoms with Crippen molar-refractivity contribution in [2.45, 2.75) is 25.7 Å². The lowest BCUT2D eigenvalue weighted by atomic mass is 9.82. The summed E-state index contributed by atoms with van der Waals surface area (Å²) in [6.07, 6.45) is 5.22. The molecule has 2 nitrogen and oxygen atoms in total. The monoisotopic (exact) mass is 212 g/mol. The van der Waals surface area contributed by atoms with Crippen LogP contribution in [0.5, 0.6) is 0 Å². The van der Waals surface area contributed by atoms with Gasteiger partial charge in [-0.05, 0) is 50.6 Å². The first-order chi connectivity index (χ1) is 4.86. The fourth-order valence-corrected chi connectivity index (χ4v) is 1.70. The normalized spacial score (nSPS) is 28.5. The van der Waals surface area contributed by atoms with E-state index in [1.807, 2.05) is 0 Å². The fourth-order valence-electron chi connectivity index (χ4n) is 1.70. The van der Waals surface area contributed by atoms with Crippen LogP contribution in [0.15, 0.2) is 0 Å². The molecule has 4 heteroatoms. The highest BCUT2D eigenvalue weighted by Crippen LogP contribution is 2.26. The van der Waals surface area contributed by atoms with E-state index in [4.69, 9.17) is 11.5 Å². The van der Waals surface area contributed by atoms with Crippen molar-refractivity contribution >= 4 is 0 Å². The van der Waals surface area contributed by atoms with Gasteiger partial charge < -0.3 is 36.3 Å². The van der Waals surface area contributed by atoms with Crippen LogP contribution in [0.2, 0.25) is 0 Å². The van der Waals surface area contributed by atoms with Gasteiger partial charge in [0.15, 0.2) is 0 Å². The van der Waals surface area contributed by atoms with E-state index >= 15 is 0 Å². The minimum Gasteiger partial charge on any atom is -1.00 e. The van der Waals surface area contributed by atoms with E-state index < -0.39 is 0 Å². The van der Waals surface area contributed by atoms with Crippen LogP contribution in [0.1, 0.15) is 25.7 Å². The Balaban J connectivity index is 0. The van der Waals surface area contributed by atoms with Crippen LogP contribution in [-0.2, 0) is 0 Å². The molecule has 1 saturated carbocycles. The van der Waals surface area contributed by atoms with Crippen LogP contribution in [0.3, 0.4) is 0 Å². The van der Waals surface area contributed by atoms with Crippen molar-refractivity contribution in [1.82, 2.24) is 0 Å². The number of nitrogens with two attached hydrogens (primary N) is 2. The lowest BCUT2D eigenvalue weighted by Crippen LogP contribution is -3.00. The fraction of sp³-hybridized carbons (Fsp3) is 1.00. The molecule has 1 aliphatic rings. The van der Waals surface area contributed by atoms with E-state index in [1.165, 1.54) is 25.7 Å². The zero-order chi connectivity index (χ0) is 7.40. The molecule has 0 spiro atoms. The van der Waals surface area contributed by atoms with E-state index in [-0.39, 0.29) is 24.8 Å². The molecule has 76 valence electrons.